The Morgan fingerprint density at radius 3 is 2.24 bits per heavy atom. The van der Waals surface area contributed by atoms with Gasteiger partial charge < -0.3 is 15.5 Å². The highest BCUT2D eigenvalue weighted by Gasteiger charge is 2.26. The standard InChI is InChI=1S/C15H20ClN3O2/c1-10(2)14(20)18-5-7-19(8-6-18)15(21)12-4-3-11(16)9-13(12)17/h3-4,9-10H,5-8,17H2,1-2H3. The predicted octanol–water partition coefficient (Wildman–Crippen LogP) is 1.86. The van der Waals surface area contributed by atoms with Crippen LogP contribution in [-0.4, -0.2) is 47.8 Å². The average molecular weight is 310 g/mol. The molecule has 1 aliphatic rings. The molecule has 6 heteroatoms. The van der Waals surface area contributed by atoms with Crippen LogP contribution in [0.2, 0.25) is 5.02 Å². The zero-order valence-corrected chi connectivity index (χ0v) is 13.1. The molecule has 2 N–H and O–H groups in total. The number of benzene rings is 1. The summed E-state index contributed by atoms with van der Waals surface area (Å²) in [6, 6.07) is 4.88. The fraction of sp³-hybridized carbons (Fsp3) is 0.467. The summed E-state index contributed by atoms with van der Waals surface area (Å²) >= 11 is 5.84. The summed E-state index contributed by atoms with van der Waals surface area (Å²) in [4.78, 5) is 27.9. The van der Waals surface area contributed by atoms with E-state index in [1.165, 1.54) is 0 Å². The highest BCUT2D eigenvalue weighted by Crippen LogP contribution is 2.20. The molecule has 5 nitrogen and oxygen atoms in total. The lowest BCUT2D eigenvalue weighted by Crippen LogP contribution is -2.51. The number of carbonyl (C=O) groups is 2. The number of carbonyl (C=O) groups excluding carboxylic acids is 2. The van der Waals surface area contributed by atoms with Gasteiger partial charge in [0.15, 0.2) is 0 Å². The van der Waals surface area contributed by atoms with Gasteiger partial charge >= 0.3 is 0 Å². The van der Waals surface area contributed by atoms with Gasteiger partial charge in [0.25, 0.3) is 5.91 Å². The first-order valence-corrected chi connectivity index (χ1v) is 7.41. The molecule has 1 saturated heterocycles. The van der Waals surface area contributed by atoms with Crippen LogP contribution in [0.15, 0.2) is 18.2 Å². The molecule has 1 aromatic carbocycles. The van der Waals surface area contributed by atoms with Crippen molar-refractivity contribution in [2.75, 3.05) is 31.9 Å². The first-order valence-electron chi connectivity index (χ1n) is 7.03. The van der Waals surface area contributed by atoms with E-state index in [9.17, 15) is 9.59 Å². The number of amides is 2. The molecule has 0 saturated carbocycles. The lowest BCUT2D eigenvalue weighted by atomic mass is 10.1. The van der Waals surface area contributed by atoms with Crippen LogP contribution in [0.4, 0.5) is 5.69 Å². The van der Waals surface area contributed by atoms with Crippen molar-refractivity contribution in [3.63, 3.8) is 0 Å². The largest absolute Gasteiger partial charge is 0.398 e. The summed E-state index contributed by atoms with van der Waals surface area (Å²) in [7, 11) is 0. The fourth-order valence-electron chi connectivity index (χ4n) is 2.39. The van der Waals surface area contributed by atoms with Crippen molar-refractivity contribution < 1.29 is 9.59 Å². The second kappa shape index (κ2) is 6.35. The Morgan fingerprint density at radius 1 is 1.14 bits per heavy atom. The second-order valence-electron chi connectivity index (χ2n) is 5.50. The van der Waals surface area contributed by atoms with E-state index in [1.807, 2.05) is 13.8 Å². The van der Waals surface area contributed by atoms with Crippen LogP contribution in [-0.2, 0) is 4.79 Å². The van der Waals surface area contributed by atoms with E-state index in [-0.39, 0.29) is 17.7 Å². The van der Waals surface area contributed by atoms with E-state index in [0.717, 1.165) is 0 Å². The molecule has 2 amide bonds. The Labute approximate surface area is 129 Å². The molecule has 0 unspecified atom stereocenters. The van der Waals surface area contributed by atoms with E-state index in [0.29, 0.717) is 42.5 Å². The molecular formula is C15H20ClN3O2. The molecule has 1 aromatic rings. The summed E-state index contributed by atoms with van der Waals surface area (Å²) in [6.07, 6.45) is 0. The SMILES string of the molecule is CC(C)C(=O)N1CCN(C(=O)c2ccc(Cl)cc2N)CC1. The Hall–Kier alpha value is -1.75. The van der Waals surface area contributed by atoms with Crippen LogP contribution in [0.25, 0.3) is 0 Å². The van der Waals surface area contributed by atoms with Gasteiger partial charge in [-0.2, -0.15) is 0 Å². The van der Waals surface area contributed by atoms with Gasteiger partial charge in [-0.05, 0) is 18.2 Å². The predicted molar refractivity (Wildman–Crippen MR) is 83.2 cm³/mol. The summed E-state index contributed by atoms with van der Waals surface area (Å²) in [6.45, 7) is 5.95. The number of nitrogen functional groups attached to an aromatic ring is 1. The van der Waals surface area contributed by atoms with Gasteiger partial charge in [0, 0.05) is 42.8 Å². The molecular weight excluding hydrogens is 290 g/mol. The molecule has 1 aliphatic heterocycles. The minimum absolute atomic E-state index is 0.0147. The van der Waals surface area contributed by atoms with E-state index >= 15 is 0 Å². The molecule has 114 valence electrons. The Kier molecular flexibility index (Phi) is 4.73. The van der Waals surface area contributed by atoms with Gasteiger partial charge in [0.1, 0.15) is 0 Å². The number of hydrogen-bond acceptors (Lipinski definition) is 3. The third-order valence-electron chi connectivity index (χ3n) is 3.62. The minimum atomic E-state index is -0.110. The van der Waals surface area contributed by atoms with Crippen molar-refractivity contribution in [3.8, 4) is 0 Å². The lowest BCUT2D eigenvalue weighted by molar-refractivity contribution is -0.135. The smallest absolute Gasteiger partial charge is 0.256 e. The van der Waals surface area contributed by atoms with Crippen molar-refractivity contribution in [1.82, 2.24) is 9.80 Å². The molecule has 0 radical (unpaired) electrons. The van der Waals surface area contributed by atoms with Crippen molar-refractivity contribution in [2.45, 2.75) is 13.8 Å². The summed E-state index contributed by atoms with van der Waals surface area (Å²) < 4.78 is 0. The van der Waals surface area contributed by atoms with Crippen molar-refractivity contribution in [3.05, 3.63) is 28.8 Å². The maximum atomic E-state index is 12.4. The molecule has 0 bridgehead atoms. The van der Waals surface area contributed by atoms with Crippen LogP contribution >= 0.6 is 11.6 Å². The van der Waals surface area contributed by atoms with Crippen LogP contribution in [0, 0.1) is 5.92 Å². The molecule has 0 aromatic heterocycles. The molecule has 1 fully saturated rings. The number of rotatable bonds is 2. The molecule has 2 rings (SSSR count). The number of piperazine rings is 1. The second-order valence-corrected chi connectivity index (χ2v) is 5.94. The van der Waals surface area contributed by atoms with E-state index < -0.39 is 0 Å². The highest BCUT2D eigenvalue weighted by molar-refractivity contribution is 6.31. The van der Waals surface area contributed by atoms with Crippen LogP contribution < -0.4 is 5.73 Å². The summed E-state index contributed by atoms with van der Waals surface area (Å²) in [5.41, 5.74) is 6.69. The zero-order chi connectivity index (χ0) is 15.6. The van der Waals surface area contributed by atoms with E-state index in [1.54, 1.807) is 28.0 Å². The minimum Gasteiger partial charge on any atom is -0.398 e. The number of nitrogens with two attached hydrogens (primary N) is 1. The molecule has 21 heavy (non-hydrogen) atoms. The lowest BCUT2D eigenvalue weighted by Gasteiger charge is -2.35. The monoisotopic (exact) mass is 309 g/mol. The molecule has 0 atom stereocenters. The molecule has 1 heterocycles. The quantitative estimate of drug-likeness (QED) is 0.848. The van der Waals surface area contributed by atoms with Gasteiger partial charge in [-0.15, -0.1) is 0 Å². The Balaban J connectivity index is 2.02. The number of halogens is 1. The topological polar surface area (TPSA) is 66.6 Å². The highest BCUT2D eigenvalue weighted by atomic mass is 35.5. The van der Waals surface area contributed by atoms with Gasteiger partial charge in [-0.3, -0.25) is 9.59 Å². The van der Waals surface area contributed by atoms with Crippen LogP contribution in [0.5, 0.6) is 0 Å². The van der Waals surface area contributed by atoms with Crippen molar-refractivity contribution in [1.29, 1.82) is 0 Å². The summed E-state index contributed by atoms with van der Waals surface area (Å²) in [5.74, 6) is 0.00748. The maximum Gasteiger partial charge on any atom is 0.256 e. The number of hydrogen-bond donors (Lipinski definition) is 1. The van der Waals surface area contributed by atoms with Crippen molar-refractivity contribution in [2.24, 2.45) is 5.92 Å². The zero-order valence-electron chi connectivity index (χ0n) is 12.3. The third kappa shape index (κ3) is 3.47. The van der Waals surface area contributed by atoms with Gasteiger partial charge in [-0.25, -0.2) is 0 Å². The van der Waals surface area contributed by atoms with E-state index in [4.69, 9.17) is 17.3 Å². The van der Waals surface area contributed by atoms with Crippen molar-refractivity contribution >= 4 is 29.1 Å². The van der Waals surface area contributed by atoms with Gasteiger partial charge in [0.05, 0.1) is 5.56 Å². The first-order chi connectivity index (χ1) is 9.90. The molecule has 0 aliphatic carbocycles. The van der Waals surface area contributed by atoms with Crippen LogP contribution in [0.1, 0.15) is 24.2 Å². The Morgan fingerprint density at radius 2 is 1.71 bits per heavy atom. The fourth-order valence-corrected chi connectivity index (χ4v) is 2.57. The normalized spacial score (nSPS) is 15.4. The number of nitrogens with zero attached hydrogens (tertiary/aromatic N) is 2. The number of anilines is 1. The summed E-state index contributed by atoms with van der Waals surface area (Å²) in [5, 5.41) is 0.511. The molecule has 0 spiro atoms. The third-order valence-corrected chi connectivity index (χ3v) is 3.85. The van der Waals surface area contributed by atoms with Crippen LogP contribution in [0.3, 0.4) is 0 Å². The first kappa shape index (κ1) is 15.6. The Bertz CT molecular complexity index is 552. The maximum absolute atomic E-state index is 12.4. The van der Waals surface area contributed by atoms with E-state index in [2.05, 4.69) is 0 Å². The van der Waals surface area contributed by atoms with Gasteiger partial charge in [-0.1, -0.05) is 25.4 Å². The average Bonchev–Trinajstić information content (AvgIpc) is 2.46. The van der Waals surface area contributed by atoms with Gasteiger partial charge in [0.2, 0.25) is 5.91 Å².